The van der Waals surface area contributed by atoms with Crippen molar-refractivity contribution in [3.8, 4) is 6.07 Å². The Morgan fingerprint density at radius 3 is 2.91 bits per heavy atom. The standard InChI is InChI=1S/C22H25FN8O/c1-14-10-29(19-5-4-15(8-24)31-22(19)17(23)9-25-31)12-20-16-6-7-28(13-21(32)27(2)3)11-18(16)26-30(14)20/h4-5,9,14H,6-7,10-13H2,1-3H3/t14-/m1/s1. The van der Waals surface area contributed by atoms with Gasteiger partial charge in [0.25, 0.3) is 0 Å². The maximum atomic E-state index is 14.6. The first-order chi connectivity index (χ1) is 15.4. The first-order valence-corrected chi connectivity index (χ1v) is 10.7. The molecule has 9 nitrogen and oxygen atoms in total. The lowest BCUT2D eigenvalue weighted by Gasteiger charge is -2.35. The fraction of sp³-hybridized carbons (Fsp3) is 0.455. The minimum atomic E-state index is -0.438. The van der Waals surface area contributed by atoms with Gasteiger partial charge in [-0.05, 0) is 25.5 Å². The molecule has 0 unspecified atom stereocenters. The molecule has 5 heterocycles. The number of likely N-dealkylation sites (N-methyl/N-ethyl adjacent to an activating group) is 1. The molecule has 0 radical (unpaired) electrons. The first kappa shape index (κ1) is 20.5. The maximum Gasteiger partial charge on any atom is 0.236 e. The summed E-state index contributed by atoms with van der Waals surface area (Å²) in [6.45, 7) is 5.23. The number of aromatic nitrogens is 4. The Labute approximate surface area is 185 Å². The monoisotopic (exact) mass is 436 g/mol. The van der Waals surface area contributed by atoms with Crippen LogP contribution in [0.4, 0.5) is 10.1 Å². The maximum absolute atomic E-state index is 14.6. The van der Waals surface area contributed by atoms with Crippen LogP contribution in [-0.4, -0.2) is 68.8 Å². The highest BCUT2D eigenvalue weighted by atomic mass is 19.1. The van der Waals surface area contributed by atoms with Crippen LogP contribution in [0.5, 0.6) is 0 Å². The quantitative estimate of drug-likeness (QED) is 0.620. The highest BCUT2D eigenvalue weighted by Gasteiger charge is 2.32. The van der Waals surface area contributed by atoms with Gasteiger partial charge in [0.05, 0.1) is 42.4 Å². The number of hydrogen-bond acceptors (Lipinski definition) is 6. The van der Waals surface area contributed by atoms with Crippen LogP contribution in [0.2, 0.25) is 0 Å². The topological polar surface area (TPSA) is 85.7 Å². The fourth-order valence-electron chi connectivity index (χ4n) is 4.75. The van der Waals surface area contributed by atoms with Crippen LogP contribution in [0.25, 0.3) is 5.52 Å². The van der Waals surface area contributed by atoms with E-state index in [0.29, 0.717) is 37.4 Å². The zero-order chi connectivity index (χ0) is 22.6. The lowest BCUT2D eigenvalue weighted by Crippen LogP contribution is -2.39. The van der Waals surface area contributed by atoms with Crippen molar-refractivity contribution in [2.24, 2.45) is 0 Å². The van der Waals surface area contributed by atoms with E-state index >= 15 is 0 Å². The van der Waals surface area contributed by atoms with E-state index in [9.17, 15) is 14.4 Å². The number of halogens is 1. The van der Waals surface area contributed by atoms with Crippen molar-refractivity contribution in [3.05, 3.63) is 46.8 Å². The van der Waals surface area contributed by atoms with E-state index in [1.165, 1.54) is 10.1 Å². The first-order valence-electron chi connectivity index (χ1n) is 10.7. The molecule has 3 aromatic heterocycles. The van der Waals surface area contributed by atoms with Gasteiger partial charge in [-0.25, -0.2) is 8.91 Å². The van der Waals surface area contributed by atoms with Gasteiger partial charge in [-0.3, -0.25) is 14.4 Å². The highest BCUT2D eigenvalue weighted by molar-refractivity contribution is 5.77. The molecule has 1 amide bonds. The Hall–Kier alpha value is -3.45. The normalized spacial score (nSPS) is 18.3. The van der Waals surface area contributed by atoms with Crippen LogP contribution in [0.15, 0.2) is 18.3 Å². The second-order valence-electron chi connectivity index (χ2n) is 8.76. The van der Waals surface area contributed by atoms with E-state index < -0.39 is 5.82 Å². The van der Waals surface area contributed by atoms with Crippen LogP contribution >= 0.6 is 0 Å². The molecule has 0 fully saturated rings. The van der Waals surface area contributed by atoms with Gasteiger partial charge < -0.3 is 9.80 Å². The molecular weight excluding hydrogens is 411 g/mol. The van der Waals surface area contributed by atoms with Crippen LogP contribution in [0.1, 0.15) is 35.6 Å². The summed E-state index contributed by atoms with van der Waals surface area (Å²) in [5.41, 5.74) is 4.74. The van der Waals surface area contributed by atoms with Crippen molar-refractivity contribution >= 4 is 17.1 Å². The average molecular weight is 436 g/mol. The van der Waals surface area contributed by atoms with Crippen LogP contribution in [0, 0.1) is 17.1 Å². The van der Waals surface area contributed by atoms with Gasteiger partial charge in [-0.1, -0.05) is 0 Å². The number of rotatable bonds is 3. The molecule has 0 saturated carbocycles. The van der Waals surface area contributed by atoms with E-state index in [0.717, 1.165) is 36.2 Å². The smallest absolute Gasteiger partial charge is 0.236 e. The molecule has 0 aromatic carbocycles. The summed E-state index contributed by atoms with van der Waals surface area (Å²) in [4.78, 5) is 18.0. The third-order valence-corrected chi connectivity index (χ3v) is 6.40. The Kier molecular flexibility index (Phi) is 4.86. The molecule has 2 aliphatic heterocycles. The summed E-state index contributed by atoms with van der Waals surface area (Å²) < 4.78 is 18.1. The molecule has 3 aromatic rings. The Balaban J connectivity index is 1.47. The van der Waals surface area contributed by atoms with Crippen LogP contribution in [-0.2, 0) is 24.3 Å². The molecule has 0 bridgehead atoms. The molecule has 0 aliphatic carbocycles. The van der Waals surface area contributed by atoms with Gasteiger partial charge in [-0.2, -0.15) is 15.5 Å². The third-order valence-electron chi connectivity index (χ3n) is 6.40. The second kappa shape index (κ2) is 7.60. The summed E-state index contributed by atoms with van der Waals surface area (Å²) in [5.74, 6) is -0.350. The SMILES string of the molecule is C[C@@H]1CN(c2ccc(C#N)n3ncc(F)c23)Cc2c3c(nn21)CN(CC(=O)N(C)C)CC3. The molecule has 1 atom stereocenters. The average Bonchev–Trinajstić information content (AvgIpc) is 3.34. The molecule has 0 spiro atoms. The summed E-state index contributed by atoms with van der Waals surface area (Å²) >= 11 is 0. The zero-order valence-electron chi connectivity index (χ0n) is 18.4. The van der Waals surface area contributed by atoms with Gasteiger partial charge in [0, 0.05) is 39.3 Å². The van der Waals surface area contributed by atoms with Crippen molar-refractivity contribution in [3.63, 3.8) is 0 Å². The molecule has 10 heteroatoms. The molecule has 5 rings (SSSR count). The minimum Gasteiger partial charge on any atom is -0.362 e. The van der Waals surface area contributed by atoms with Gasteiger partial charge in [-0.15, -0.1) is 0 Å². The van der Waals surface area contributed by atoms with Gasteiger partial charge >= 0.3 is 0 Å². The van der Waals surface area contributed by atoms with Crippen molar-refractivity contribution in [1.29, 1.82) is 5.26 Å². The van der Waals surface area contributed by atoms with Crippen molar-refractivity contribution < 1.29 is 9.18 Å². The number of hydrogen-bond donors (Lipinski definition) is 0. The molecular formula is C22H25FN8O. The Morgan fingerprint density at radius 2 is 2.16 bits per heavy atom. The Morgan fingerprint density at radius 1 is 1.34 bits per heavy atom. The van der Waals surface area contributed by atoms with E-state index in [1.807, 2.05) is 0 Å². The van der Waals surface area contributed by atoms with E-state index in [1.54, 1.807) is 31.1 Å². The second-order valence-corrected chi connectivity index (χ2v) is 8.76. The van der Waals surface area contributed by atoms with E-state index in [-0.39, 0.29) is 11.9 Å². The molecule has 2 aliphatic rings. The van der Waals surface area contributed by atoms with Gasteiger partial charge in [0.15, 0.2) is 5.82 Å². The van der Waals surface area contributed by atoms with Crippen molar-refractivity contribution in [2.45, 2.75) is 32.5 Å². The lowest BCUT2D eigenvalue weighted by molar-refractivity contribution is -0.130. The molecule has 32 heavy (non-hydrogen) atoms. The zero-order valence-corrected chi connectivity index (χ0v) is 18.4. The molecule has 0 saturated heterocycles. The lowest BCUT2D eigenvalue weighted by atomic mass is 10.0. The fourth-order valence-corrected chi connectivity index (χ4v) is 4.75. The molecule has 166 valence electrons. The number of nitriles is 1. The highest BCUT2D eigenvalue weighted by Crippen LogP contribution is 2.34. The number of amides is 1. The Bertz CT molecular complexity index is 1250. The van der Waals surface area contributed by atoms with Crippen molar-refractivity contribution in [1.82, 2.24) is 29.2 Å². The predicted molar refractivity (Wildman–Crippen MR) is 116 cm³/mol. The largest absolute Gasteiger partial charge is 0.362 e. The number of carbonyl (C=O) groups is 1. The van der Waals surface area contributed by atoms with E-state index in [4.69, 9.17) is 5.10 Å². The van der Waals surface area contributed by atoms with E-state index in [2.05, 4.69) is 32.6 Å². The van der Waals surface area contributed by atoms with Crippen molar-refractivity contribution in [2.75, 3.05) is 38.6 Å². The number of carbonyl (C=O) groups excluding carboxylic acids is 1. The summed E-state index contributed by atoms with van der Waals surface area (Å²) in [7, 11) is 3.54. The van der Waals surface area contributed by atoms with Crippen LogP contribution in [0.3, 0.4) is 0 Å². The summed E-state index contributed by atoms with van der Waals surface area (Å²) in [6, 6.07) is 5.65. The van der Waals surface area contributed by atoms with Crippen LogP contribution < -0.4 is 4.90 Å². The van der Waals surface area contributed by atoms with Gasteiger partial charge in [0.2, 0.25) is 5.91 Å². The number of pyridine rings is 1. The molecule has 0 N–H and O–H groups in total. The third kappa shape index (κ3) is 3.20. The predicted octanol–water partition coefficient (Wildman–Crippen LogP) is 1.57. The number of nitrogens with zero attached hydrogens (tertiary/aromatic N) is 8. The summed E-state index contributed by atoms with van der Waals surface area (Å²) in [5, 5.41) is 18.3. The minimum absolute atomic E-state index is 0.0876. The number of fused-ring (bicyclic) bond motifs is 4. The number of anilines is 1. The summed E-state index contributed by atoms with van der Waals surface area (Å²) in [6.07, 6.45) is 1.98. The van der Waals surface area contributed by atoms with Gasteiger partial charge in [0.1, 0.15) is 17.3 Å².